The van der Waals surface area contributed by atoms with Crippen LogP contribution in [0.3, 0.4) is 0 Å². The van der Waals surface area contributed by atoms with Crippen LogP contribution in [-0.2, 0) is 9.53 Å². The van der Waals surface area contributed by atoms with Crippen LogP contribution >= 0.6 is 0 Å². The van der Waals surface area contributed by atoms with Crippen LogP contribution in [-0.4, -0.2) is 23.8 Å². The first-order chi connectivity index (χ1) is 11.0. The third-order valence-corrected chi connectivity index (χ3v) is 5.49. The first-order valence-corrected chi connectivity index (χ1v) is 8.81. The highest BCUT2D eigenvalue weighted by atomic mass is 16.5. The van der Waals surface area contributed by atoms with Crippen LogP contribution in [0.15, 0.2) is 17.1 Å². The molecule has 0 amide bonds. The van der Waals surface area contributed by atoms with E-state index in [9.17, 15) is 4.79 Å². The van der Waals surface area contributed by atoms with E-state index in [0.717, 1.165) is 12.1 Å². The van der Waals surface area contributed by atoms with Gasteiger partial charge in [0.15, 0.2) is 0 Å². The summed E-state index contributed by atoms with van der Waals surface area (Å²) in [5.74, 6) is 0.313. The molecule has 1 aliphatic heterocycles. The van der Waals surface area contributed by atoms with Gasteiger partial charge in [0.05, 0.1) is 24.3 Å². The zero-order valence-corrected chi connectivity index (χ0v) is 14.7. The maximum atomic E-state index is 12.1. The molecule has 0 aromatic heterocycles. The SMILES string of the molecule is CCOC(=O)CC1=N[C@]2(C)CCCC[C@@H]2c2c(C)ccc(C)c21. The summed E-state index contributed by atoms with van der Waals surface area (Å²) in [7, 11) is 0. The predicted molar refractivity (Wildman–Crippen MR) is 93.3 cm³/mol. The van der Waals surface area contributed by atoms with Crippen LogP contribution in [0, 0.1) is 13.8 Å². The number of aliphatic imine (C=N–C) groups is 1. The minimum atomic E-state index is -0.170. The van der Waals surface area contributed by atoms with Crippen molar-refractivity contribution >= 4 is 11.7 Å². The summed E-state index contributed by atoms with van der Waals surface area (Å²) in [6, 6.07) is 4.37. The lowest BCUT2D eigenvalue weighted by atomic mass is 9.66. The Hall–Kier alpha value is -1.64. The van der Waals surface area contributed by atoms with Gasteiger partial charge in [-0.1, -0.05) is 25.0 Å². The highest BCUT2D eigenvalue weighted by Gasteiger charge is 2.43. The molecule has 1 saturated carbocycles. The normalized spacial score (nSPS) is 26.1. The number of carbonyl (C=O) groups is 1. The average Bonchev–Trinajstić information content (AvgIpc) is 2.49. The van der Waals surface area contributed by atoms with E-state index in [1.807, 2.05) is 6.92 Å². The average molecular weight is 313 g/mol. The van der Waals surface area contributed by atoms with Gasteiger partial charge in [-0.05, 0) is 57.2 Å². The van der Waals surface area contributed by atoms with Crippen molar-refractivity contribution in [3.8, 4) is 0 Å². The van der Waals surface area contributed by atoms with Gasteiger partial charge in [-0.15, -0.1) is 0 Å². The lowest BCUT2D eigenvalue weighted by Gasteiger charge is -2.44. The Labute approximate surface area is 139 Å². The van der Waals surface area contributed by atoms with E-state index in [1.54, 1.807) is 0 Å². The first kappa shape index (κ1) is 16.2. The lowest BCUT2D eigenvalue weighted by molar-refractivity contribution is -0.141. The first-order valence-electron chi connectivity index (χ1n) is 8.81. The van der Waals surface area contributed by atoms with Gasteiger partial charge in [0, 0.05) is 11.5 Å². The summed E-state index contributed by atoms with van der Waals surface area (Å²) < 4.78 is 5.18. The Morgan fingerprint density at radius 1 is 1.30 bits per heavy atom. The highest BCUT2D eigenvalue weighted by Crippen LogP contribution is 2.49. The molecule has 1 heterocycles. The van der Waals surface area contributed by atoms with Crippen molar-refractivity contribution in [3.05, 3.63) is 34.4 Å². The molecule has 2 aliphatic rings. The molecule has 0 spiro atoms. The molecule has 0 unspecified atom stereocenters. The van der Waals surface area contributed by atoms with Gasteiger partial charge in [0.2, 0.25) is 0 Å². The number of ether oxygens (including phenoxy) is 1. The molecule has 1 aromatic rings. The second kappa shape index (κ2) is 6.10. The number of aryl methyl sites for hydroxylation is 2. The van der Waals surface area contributed by atoms with E-state index in [1.165, 1.54) is 41.5 Å². The Balaban J connectivity index is 2.12. The number of esters is 1. The van der Waals surface area contributed by atoms with Gasteiger partial charge in [0.25, 0.3) is 0 Å². The maximum absolute atomic E-state index is 12.1. The lowest BCUT2D eigenvalue weighted by Crippen LogP contribution is -2.40. The second-order valence-electron chi connectivity index (χ2n) is 7.18. The molecular formula is C20H27NO2. The smallest absolute Gasteiger partial charge is 0.311 e. The van der Waals surface area contributed by atoms with Gasteiger partial charge in [-0.3, -0.25) is 9.79 Å². The number of hydrogen-bond acceptors (Lipinski definition) is 3. The van der Waals surface area contributed by atoms with Crippen molar-refractivity contribution in [1.29, 1.82) is 0 Å². The molecule has 23 heavy (non-hydrogen) atoms. The summed E-state index contributed by atoms with van der Waals surface area (Å²) in [4.78, 5) is 17.2. The van der Waals surface area contributed by atoms with E-state index < -0.39 is 0 Å². The van der Waals surface area contributed by atoms with Crippen LogP contribution in [0.2, 0.25) is 0 Å². The molecule has 0 bridgehead atoms. The summed E-state index contributed by atoms with van der Waals surface area (Å²) >= 11 is 0. The van der Waals surface area contributed by atoms with Gasteiger partial charge in [-0.2, -0.15) is 0 Å². The fourth-order valence-electron chi connectivity index (χ4n) is 4.41. The Morgan fingerprint density at radius 2 is 2.04 bits per heavy atom. The zero-order valence-electron chi connectivity index (χ0n) is 14.7. The van der Waals surface area contributed by atoms with Crippen molar-refractivity contribution < 1.29 is 9.53 Å². The van der Waals surface area contributed by atoms with Gasteiger partial charge >= 0.3 is 5.97 Å². The van der Waals surface area contributed by atoms with E-state index in [2.05, 4.69) is 32.9 Å². The fourth-order valence-corrected chi connectivity index (χ4v) is 4.41. The third-order valence-electron chi connectivity index (χ3n) is 5.49. The molecule has 1 fully saturated rings. The quantitative estimate of drug-likeness (QED) is 0.772. The largest absolute Gasteiger partial charge is 0.466 e. The molecular weight excluding hydrogens is 286 g/mol. The van der Waals surface area contributed by atoms with Crippen LogP contribution in [0.5, 0.6) is 0 Å². The predicted octanol–water partition coefficient (Wildman–Crippen LogP) is 4.48. The number of carbonyl (C=O) groups excluding carboxylic acids is 1. The van der Waals surface area contributed by atoms with Crippen molar-refractivity contribution in [1.82, 2.24) is 0 Å². The maximum Gasteiger partial charge on any atom is 0.311 e. The highest BCUT2D eigenvalue weighted by molar-refractivity contribution is 6.12. The van der Waals surface area contributed by atoms with Gasteiger partial charge in [0.1, 0.15) is 0 Å². The molecule has 0 radical (unpaired) electrons. The summed E-state index contributed by atoms with van der Waals surface area (Å²) in [6.07, 6.45) is 5.09. The minimum absolute atomic E-state index is 0.0639. The number of hydrogen-bond donors (Lipinski definition) is 0. The van der Waals surface area contributed by atoms with Crippen LogP contribution in [0.1, 0.15) is 74.1 Å². The van der Waals surface area contributed by atoms with Crippen molar-refractivity contribution in [3.63, 3.8) is 0 Å². The van der Waals surface area contributed by atoms with E-state index in [4.69, 9.17) is 9.73 Å². The molecule has 3 rings (SSSR count). The minimum Gasteiger partial charge on any atom is -0.466 e. The number of benzene rings is 1. The van der Waals surface area contributed by atoms with Gasteiger partial charge < -0.3 is 4.74 Å². The topological polar surface area (TPSA) is 38.7 Å². The molecule has 3 heteroatoms. The monoisotopic (exact) mass is 313 g/mol. The molecule has 3 nitrogen and oxygen atoms in total. The van der Waals surface area contributed by atoms with Crippen molar-refractivity contribution in [2.75, 3.05) is 6.61 Å². The molecule has 2 atom stereocenters. The van der Waals surface area contributed by atoms with Crippen molar-refractivity contribution in [2.24, 2.45) is 4.99 Å². The molecule has 124 valence electrons. The Kier molecular flexibility index (Phi) is 4.31. The standard InChI is InChI=1S/C20H27NO2/c1-5-23-17(22)12-16-19-14(3)10-9-13(2)18(19)15-8-6-7-11-20(15,4)21-16/h9-10,15H,5-8,11-12H2,1-4H3/t15-,20-/m1/s1. The Morgan fingerprint density at radius 3 is 2.78 bits per heavy atom. The van der Waals surface area contributed by atoms with Crippen LogP contribution in [0.25, 0.3) is 0 Å². The van der Waals surface area contributed by atoms with Crippen molar-refractivity contribution in [2.45, 2.75) is 71.3 Å². The van der Waals surface area contributed by atoms with E-state index in [-0.39, 0.29) is 17.9 Å². The Bertz CT molecular complexity index is 662. The zero-order chi connectivity index (χ0) is 16.6. The molecule has 0 N–H and O–H groups in total. The molecule has 0 saturated heterocycles. The van der Waals surface area contributed by atoms with Crippen LogP contribution in [0.4, 0.5) is 0 Å². The second-order valence-corrected chi connectivity index (χ2v) is 7.18. The van der Waals surface area contributed by atoms with Gasteiger partial charge in [-0.25, -0.2) is 0 Å². The number of rotatable bonds is 3. The van der Waals surface area contributed by atoms with E-state index in [0.29, 0.717) is 12.5 Å². The third kappa shape index (κ3) is 2.82. The summed E-state index contributed by atoms with van der Waals surface area (Å²) in [6.45, 7) is 8.87. The summed E-state index contributed by atoms with van der Waals surface area (Å²) in [5.41, 5.74) is 6.07. The fraction of sp³-hybridized carbons (Fsp3) is 0.600. The van der Waals surface area contributed by atoms with Crippen LogP contribution < -0.4 is 0 Å². The summed E-state index contributed by atoms with van der Waals surface area (Å²) in [5, 5.41) is 0. The number of fused-ring (bicyclic) bond motifs is 3. The number of nitrogens with zero attached hydrogens (tertiary/aromatic N) is 1. The molecule has 1 aromatic carbocycles. The van der Waals surface area contributed by atoms with E-state index >= 15 is 0 Å². The molecule has 1 aliphatic carbocycles.